The van der Waals surface area contributed by atoms with Crippen LogP contribution in [0.1, 0.15) is 5.56 Å². The summed E-state index contributed by atoms with van der Waals surface area (Å²) in [7, 11) is 4.62. The molecule has 0 fully saturated rings. The molecule has 1 heterocycles. The standard InChI is InChI=1S/C19H21BrN2O6/c1-24-16-6-11(7-17(25-2)18(16)26-3)10-21-19(23)22-13-9-15-14(8-12(13)20)27-4-5-28-15/h6-9H,4-5,10H2,1-3H3,(H2,21,22,23). The summed E-state index contributed by atoms with van der Waals surface area (Å²) in [5.41, 5.74) is 1.37. The van der Waals surface area contributed by atoms with Gasteiger partial charge in [-0.1, -0.05) is 0 Å². The first-order chi connectivity index (χ1) is 13.5. The first kappa shape index (κ1) is 19.9. The van der Waals surface area contributed by atoms with Gasteiger partial charge in [-0.3, -0.25) is 0 Å². The van der Waals surface area contributed by atoms with Crippen molar-refractivity contribution in [3.8, 4) is 28.7 Å². The first-order valence-corrected chi connectivity index (χ1v) is 9.28. The molecule has 0 unspecified atom stereocenters. The third-order valence-corrected chi connectivity index (χ3v) is 4.71. The van der Waals surface area contributed by atoms with Crippen LogP contribution in [0.3, 0.4) is 0 Å². The van der Waals surface area contributed by atoms with E-state index in [2.05, 4.69) is 26.6 Å². The molecule has 0 bridgehead atoms. The minimum atomic E-state index is -0.369. The Morgan fingerprint density at radius 2 is 1.61 bits per heavy atom. The van der Waals surface area contributed by atoms with E-state index in [1.54, 1.807) is 38.5 Å². The number of nitrogens with one attached hydrogen (secondary N) is 2. The van der Waals surface area contributed by atoms with Crippen LogP contribution in [0.15, 0.2) is 28.7 Å². The van der Waals surface area contributed by atoms with Crippen LogP contribution >= 0.6 is 15.9 Å². The van der Waals surface area contributed by atoms with Gasteiger partial charge in [-0.15, -0.1) is 0 Å². The van der Waals surface area contributed by atoms with Crippen molar-refractivity contribution in [1.29, 1.82) is 0 Å². The predicted octanol–water partition coefficient (Wildman–Crippen LogP) is 3.57. The number of hydrogen-bond donors (Lipinski definition) is 2. The number of methoxy groups -OCH3 is 3. The number of urea groups is 1. The lowest BCUT2D eigenvalue weighted by Gasteiger charge is -2.20. The van der Waals surface area contributed by atoms with Crippen molar-refractivity contribution in [3.63, 3.8) is 0 Å². The second-order valence-corrected chi connectivity index (χ2v) is 6.67. The van der Waals surface area contributed by atoms with Gasteiger partial charge in [0.2, 0.25) is 5.75 Å². The quantitative estimate of drug-likeness (QED) is 0.696. The second-order valence-electron chi connectivity index (χ2n) is 5.82. The molecule has 2 N–H and O–H groups in total. The molecule has 28 heavy (non-hydrogen) atoms. The summed E-state index contributed by atoms with van der Waals surface area (Å²) in [5.74, 6) is 2.77. The molecular weight excluding hydrogens is 432 g/mol. The predicted molar refractivity (Wildman–Crippen MR) is 107 cm³/mol. The van der Waals surface area contributed by atoms with Gasteiger partial charge in [-0.25, -0.2) is 4.79 Å². The Morgan fingerprint density at radius 3 is 2.18 bits per heavy atom. The average Bonchev–Trinajstić information content (AvgIpc) is 2.71. The summed E-state index contributed by atoms with van der Waals surface area (Å²) in [4.78, 5) is 12.3. The number of fused-ring (bicyclic) bond motifs is 1. The molecule has 0 aromatic heterocycles. The highest BCUT2D eigenvalue weighted by molar-refractivity contribution is 9.10. The van der Waals surface area contributed by atoms with Gasteiger partial charge < -0.3 is 34.3 Å². The Hall–Kier alpha value is -2.81. The maximum atomic E-state index is 12.3. The molecule has 150 valence electrons. The SMILES string of the molecule is COc1cc(CNC(=O)Nc2cc3c(cc2Br)OCCO3)cc(OC)c1OC. The van der Waals surface area contributed by atoms with E-state index >= 15 is 0 Å². The number of amides is 2. The zero-order chi connectivity index (χ0) is 20.1. The van der Waals surface area contributed by atoms with Gasteiger partial charge in [0.25, 0.3) is 0 Å². The van der Waals surface area contributed by atoms with Crippen molar-refractivity contribution in [3.05, 3.63) is 34.3 Å². The molecular formula is C19H21BrN2O6. The highest BCUT2D eigenvalue weighted by Crippen LogP contribution is 2.39. The van der Waals surface area contributed by atoms with Crippen LogP contribution in [0.2, 0.25) is 0 Å². The largest absolute Gasteiger partial charge is 0.493 e. The second kappa shape index (κ2) is 8.92. The molecule has 0 saturated carbocycles. The van der Waals surface area contributed by atoms with Crippen LogP contribution < -0.4 is 34.3 Å². The minimum absolute atomic E-state index is 0.269. The van der Waals surface area contributed by atoms with Gasteiger partial charge in [0.1, 0.15) is 13.2 Å². The smallest absolute Gasteiger partial charge is 0.319 e. The number of carbonyl (C=O) groups excluding carboxylic acids is 1. The molecule has 2 aromatic rings. The number of halogens is 1. The fourth-order valence-electron chi connectivity index (χ4n) is 2.75. The van der Waals surface area contributed by atoms with Crippen molar-refractivity contribution in [2.45, 2.75) is 6.54 Å². The molecule has 2 amide bonds. The fraction of sp³-hybridized carbons (Fsp3) is 0.316. The zero-order valence-corrected chi connectivity index (χ0v) is 17.3. The van der Waals surface area contributed by atoms with Crippen molar-refractivity contribution < 1.29 is 28.5 Å². The molecule has 2 aromatic carbocycles. The number of rotatable bonds is 6. The van der Waals surface area contributed by atoms with Crippen molar-refractivity contribution in [2.75, 3.05) is 39.9 Å². The van der Waals surface area contributed by atoms with Gasteiger partial charge in [0.15, 0.2) is 23.0 Å². The molecule has 0 spiro atoms. The fourth-order valence-corrected chi connectivity index (χ4v) is 3.17. The highest BCUT2D eigenvalue weighted by atomic mass is 79.9. The Kier molecular flexibility index (Phi) is 6.35. The Morgan fingerprint density at radius 1 is 1.00 bits per heavy atom. The lowest BCUT2D eigenvalue weighted by Crippen LogP contribution is -2.28. The van der Waals surface area contributed by atoms with Crippen LogP contribution in [-0.2, 0) is 6.54 Å². The number of ether oxygens (including phenoxy) is 5. The summed E-state index contributed by atoms with van der Waals surface area (Å²) in [5, 5.41) is 5.59. The number of carbonyl (C=O) groups is 1. The van der Waals surface area contributed by atoms with Gasteiger partial charge >= 0.3 is 6.03 Å². The molecule has 1 aliphatic rings. The molecule has 0 radical (unpaired) electrons. The van der Waals surface area contributed by atoms with E-state index in [-0.39, 0.29) is 12.6 Å². The zero-order valence-electron chi connectivity index (χ0n) is 15.8. The van der Waals surface area contributed by atoms with E-state index in [1.165, 1.54) is 7.11 Å². The highest BCUT2D eigenvalue weighted by Gasteiger charge is 2.17. The summed E-state index contributed by atoms with van der Waals surface area (Å²) in [6.45, 7) is 1.24. The van der Waals surface area contributed by atoms with Crippen molar-refractivity contribution >= 4 is 27.6 Å². The van der Waals surface area contributed by atoms with E-state index in [1.807, 2.05) is 0 Å². The Bertz CT molecular complexity index is 849. The Balaban J connectivity index is 1.68. The number of hydrogen-bond acceptors (Lipinski definition) is 6. The molecule has 0 aliphatic carbocycles. The Labute approximate surface area is 171 Å². The summed E-state index contributed by atoms with van der Waals surface area (Å²) in [6.07, 6.45) is 0. The van der Waals surface area contributed by atoms with Crippen LogP contribution in [-0.4, -0.2) is 40.6 Å². The third kappa shape index (κ3) is 4.36. The van der Waals surface area contributed by atoms with Crippen molar-refractivity contribution in [1.82, 2.24) is 5.32 Å². The van der Waals surface area contributed by atoms with Crippen LogP contribution in [0.5, 0.6) is 28.7 Å². The maximum Gasteiger partial charge on any atom is 0.319 e. The lowest BCUT2D eigenvalue weighted by molar-refractivity contribution is 0.171. The van der Waals surface area contributed by atoms with Gasteiger partial charge in [-0.05, 0) is 33.6 Å². The first-order valence-electron chi connectivity index (χ1n) is 8.48. The van der Waals surface area contributed by atoms with Crippen LogP contribution in [0.25, 0.3) is 0 Å². The van der Waals surface area contributed by atoms with E-state index < -0.39 is 0 Å². The summed E-state index contributed by atoms with van der Waals surface area (Å²) < 4.78 is 27.7. The molecule has 3 rings (SSSR count). The lowest BCUT2D eigenvalue weighted by atomic mass is 10.2. The van der Waals surface area contributed by atoms with Gasteiger partial charge in [0.05, 0.1) is 27.0 Å². The monoisotopic (exact) mass is 452 g/mol. The summed E-state index contributed by atoms with van der Waals surface area (Å²) in [6, 6.07) is 6.68. The van der Waals surface area contributed by atoms with Gasteiger partial charge in [-0.2, -0.15) is 0 Å². The molecule has 0 atom stereocenters. The third-order valence-electron chi connectivity index (χ3n) is 4.06. The maximum absolute atomic E-state index is 12.3. The normalized spacial score (nSPS) is 12.1. The molecule has 9 heteroatoms. The van der Waals surface area contributed by atoms with Crippen LogP contribution in [0, 0.1) is 0 Å². The summed E-state index contributed by atoms with van der Waals surface area (Å²) >= 11 is 3.43. The average molecular weight is 453 g/mol. The van der Waals surface area contributed by atoms with E-state index in [0.29, 0.717) is 52.1 Å². The van der Waals surface area contributed by atoms with E-state index in [4.69, 9.17) is 23.7 Å². The molecule has 8 nitrogen and oxygen atoms in total. The van der Waals surface area contributed by atoms with E-state index in [0.717, 1.165) is 5.56 Å². The minimum Gasteiger partial charge on any atom is -0.493 e. The number of benzene rings is 2. The topological polar surface area (TPSA) is 87.3 Å². The molecule has 0 saturated heterocycles. The van der Waals surface area contributed by atoms with Crippen molar-refractivity contribution in [2.24, 2.45) is 0 Å². The van der Waals surface area contributed by atoms with Crippen LogP contribution in [0.4, 0.5) is 10.5 Å². The molecule has 1 aliphatic heterocycles. The van der Waals surface area contributed by atoms with Gasteiger partial charge in [0, 0.05) is 23.2 Å². The number of anilines is 1. The van der Waals surface area contributed by atoms with E-state index in [9.17, 15) is 4.79 Å².